The van der Waals surface area contributed by atoms with Gasteiger partial charge in [-0.15, -0.1) is 0 Å². The Hall–Kier alpha value is -0.830. The maximum atomic E-state index is 12.1. The summed E-state index contributed by atoms with van der Waals surface area (Å²) in [7, 11) is 0. The van der Waals surface area contributed by atoms with Crippen molar-refractivity contribution < 1.29 is 14.3 Å². The smallest absolute Gasteiger partial charge is 0.333 e. The van der Waals surface area contributed by atoms with Crippen LogP contribution in [0.3, 0.4) is 0 Å². The van der Waals surface area contributed by atoms with Crippen LogP contribution < -0.4 is 0 Å². The average Bonchev–Trinajstić information content (AvgIpc) is 2.34. The molecule has 2 atom stereocenters. The highest BCUT2D eigenvalue weighted by Gasteiger charge is 2.61. The molecule has 4 saturated carbocycles. The van der Waals surface area contributed by atoms with E-state index in [2.05, 4.69) is 27.4 Å². The van der Waals surface area contributed by atoms with Crippen molar-refractivity contribution >= 4 is 5.97 Å². The zero-order chi connectivity index (χ0) is 16.2. The van der Waals surface area contributed by atoms with Crippen LogP contribution in [0.2, 0.25) is 0 Å². The normalized spacial score (nSPS) is 39.8. The lowest BCUT2D eigenvalue weighted by Gasteiger charge is -2.62. The van der Waals surface area contributed by atoms with Gasteiger partial charge in [0.05, 0.1) is 11.2 Å². The summed E-state index contributed by atoms with van der Waals surface area (Å²) in [5.74, 6) is 1.06. The van der Waals surface area contributed by atoms with Gasteiger partial charge in [0.25, 0.3) is 0 Å². The van der Waals surface area contributed by atoms with Crippen LogP contribution in [0.4, 0.5) is 0 Å². The van der Waals surface area contributed by atoms with E-state index in [4.69, 9.17) is 9.47 Å². The molecule has 0 N–H and O–H groups in total. The van der Waals surface area contributed by atoms with Gasteiger partial charge in [0.1, 0.15) is 5.60 Å². The lowest BCUT2D eigenvalue weighted by molar-refractivity contribution is -0.259. The molecule has 0 aliphatic heterocycles. The van der Waals surface area contributed by atoms with Crippen LogP contribution in [0.15, 0.2) is 12.2 Å². The molecule has 4 fully saturated rings. The molecule has 3 nitrogen and oxygen atoms in total. The van der Waals surface area contributed by atoms with Crippen molar-refractivity contribution in [2.45, 2.75) is 89.4 Å². The van der Waals surface area contributed by atoms with Crippen molar-refractivity contribution in [3.05, 3.63) is 12.2 Å². The number of carbonyl (C=O) groups is 1. The second-order valence-electron chi connectivity index (χ2n) is 8.71. The molecule has 4 rings (SSSR count). The van der Waals surface area contributed by atoms with Gasteiger partial charge in [0.15, 0.2) is 0 Å². The minimum absolute atomic E-state index is 0.0844. The third kappa shape index (κ3) is 2.84. The first-order valence-corrected chi connectivity index (χ1v) is 8.76. The largest absolute Gasteiger partial charge is 0.456 e. The molecule has 0 saturated heterocycles. The van der Waals surface area contributed by atoms with E-state index in [0.29, 0.717) is 17.4 Å². The van der Waals surface area contributed by atoms with E-state index in [-0.39, 0.29) is 22.8 Å². The summed E-state index contributed by atoms with van der Waals surface area (Å²) in [6, 6.07) is 0. The third-order valence-corrected chi connectivity index (χ3v) is 5.96. The number of ether oxygens (including phenoxy) is 2. The monoisotopic (exact) mass is 306 g/mol. The molecule has 22 heavy (non-hydrogen) atoms. The van der Waals surface area contributed by atoms with Gasteiger partial charge in [-0.1, -0.05) is 13.5 Å². The van der Waals surface area contributed by atoms with Crippen LogP contribution in [0.25, 0.3) is 0 Å². The zero-order valence-corrected chi connectivity index (χ0v) is 14.5. The Bertz CT molecular complexity index is 477. The van der Waals surface area contributed by atoms with Gasteiger partial charge >= 0.3 is 5.97 Å². The lowest BCUT2D eigenvalue weighted by Crippen LogP contribution is -2.62. The minimum Gasteiger partial charge on any atom is -0.456 e. The second-order valence-corrected chi connectivity index (χ2v) is 8.71. The molecule has 0 aromatic carbocycles. The van der Waals surface area contributed by atoms with Gasteiger partial charge in [-0.05, 0) is 71.1 Å². The number of hydrogen-bond acceptors (Lipinski definition) is 3. The van der Waals surface area contributed by atoms with Gasteiger partial charge in [0, 0.05) is 12.0 Å². The molecular formula is C19H30O3. The Morgan fingerprint density at radius 1 is 1.18 bits per heavy atom. The Morgan fingerprint density at radius 2 is 1.73 bits per heavy atom. The molecule has 124 valence electrons. The Balaban J connectivity index is 1.83. The molecular weight excluding hydrogens is 276 g/mol. The Labute approximate surface area is 134 Å². The second kappa shape index (κ2) is 5.09. The molecule has 4 aliphatic carbocycles. The van der Waals surface area contributed by atoms with Gasteiger partial charge < -0.3 is 9.47 Å². The Kier molecular flexibility index (Phi) is 3.71. The highest BCUT2D eigenvalue weighted by Crippen LogP contribution is 2.61. The molecule has 3 heteroatoms. The van der Waals surface area contributed by atoms with Crippen LogP contribution in [0.5, 0.6) is 0 Å². The van der Waals surface area contributed by atoms with Gasteiger partial charge in [-0.2, -0.15) is 0 Å². The maximum Gasteiger partial charge on any atom is 0.333 e. The molecule has 0 radical (unpaired) electrons. The van der Waals surface area contributed by atoms with Gasteiger partial charge in [-0.3, -0.25) is 0 Å². The predicted octanol–water partition coefficient (Wildman–Crippen LogP) is 4.40. The Morgan fingerprint density at radius 3 is 2.23 bits per heavy atom. The molecule has 2 unspecified atom stereocenters. The van der Waals surface area contributed by atoms with E-state index in [9.17, 15) is 4.79 Å². The lowest BCUT2D eigenvalue weighted by atomic mass is 9.52. The first-order valence-electron chi connectivity index (χ1n) is 8.76. The molecule has 0 aromatic rings. The van der Waals surface area contributed by atoms with E-state index in [1.165, 1.54) is 6.42 Å². The predicted molar refractivity (Wildman–Crippen MR) is 86.5 cm³/mol. The summed E-state index contributed by atoms with van der Waals surface area (Å²) in [6.45, 7) is 12.0. The first-order chi connectivity index (χ1) is 10.2. The number of rotatable bonds is 5. The maximum absolute atomic E-state index is 12.1. The van der Waals surface area contributed by atoms with E-state index >= 15 is 0 Å². The number of esters is 1. The molecule has 0 aromatic heterocycles. The van der Waals surface area contributed by atoms with Crippen LogP contribution >= 0.6 is 0 Å². The average molecular weight is 306 g/mol. The summed E-state index contributed by atoms with van der Waals surface area (Å²) < 4.78 is 12.6. The van der Waals surface area contributed by atoms with Gasteiger partial charge in [0.2, 0.25) is 0 Å². The zero-order valence-electron chi connectivity index (χ0n) is 14.5. The summed E-state index contributed by atoms with van der Waals surface area (Å²) in [5, 5.41) is 0. The van der Waals surface area contributed by atoms with Crippen molar-refractivity contribution in [1.82, 2.24) is 0 Å². The van der Waals surface area contributed by atoms with Crippen molar-refractivity contribution in [3.63, 3.8) is 0 Å². The van der Waals surface area contributed by atoms with Crippen LogP contribution in [-0.4, -0.2) is 22.8 Å². The van der Waals surface area contributed by atoms with E-state index in [1.54, 1.807) is 6.92 Å². The number of hydrogen-bond donors (Lipinski definition) is 0. The minimum atomic E-state index is -0.302. The van der Waals surface area contributed by atoms with Crippen molar-refractivity contribution in [2.75, 3.05) is 0 Å². The van der Waals surface area contributed by atoms with Crippen molar-refractivity contribution in [2.24, 2.45) is 11.8 Å². The SMILES string of the molecule is C=C(C)C(=O)OC12CC3CC(C1)CC(OC(C)(C)CC)(C3)C2. The van der Waals surface area contributed by atoms with Crippen LogP contribution in [0.1, 0.15) is 72.6 Å². The fraction of sp³-hybridized carbons (Fsp3) is 0.842. The van der Waals surface area contributed by atoms with Crippen LogP contribution in [0, 0.1) is 11.8 Å². The number of carbonyl (C=O) groups excluding carboxylic acids is 1. The third-order valence-electron chi connectivity index (χ3n) is 5.96. The summed E-state index contributed by atoms with van der Waals surface area (Å²) >= 11 is 0. The van der Waals surface area contributed by atoms with E-state index < -0.39 is 0 Å². The molecule has 0 amide bonds. The topological polar surface area (TPSA) is 35.5 Å². The fourth-order valence-electron chi connectivity index (χ4n) is 5.28. The molecule has 0 spiro atoms. The molecule has 4 bridgehead atoms. The summed E-state index contributed by atoms with van der Waals surface area (Å²) in [6.07, 6.45) is 7.46. The summed E-state index contributed by atoms with van der Waals surface area (Å²) in [4.78, 5) is 12.1. The highest BCUT2D eigenvalue weighted by atomic mass is 16.6. The molecule has 0 heterocycles. The highest BCUT2D eigenvalue weighted by molar-refractivity contribution is 5.87. The van der Waals surface area contributed by atoms with E-state index in [0.717, 1.165) is 38.5 Å². The van der Waals surface area contributed by atoms with E-state index in [1.807, 2.05) is 0 Å². The summed E-state index contributed by atoms with van der Waals surface area (Å²) in [5.41, 5.74) is 0.00768. The molecule has 4 aliphatic rings. The van der Waals surface area contributed by atoms with Crippen molar-refractivity contribution in [3.8, 4) is 0 Å². The van der Waals surface area contributed by atoms with Gasteiger partial charge in [-0.25, -0.2) is 4.79 Å². The first kappa shape index (κ1) is 16.0. The standard InChI is InChI=1S/C19H30O3/c1-6-17(4,5)22-19-10-14-7-15(11-19)9-18(8-14,12-19)21-16(20)13(2)3/h14-15H,2,6-12H2,1,3-5H3. The van der Waals surface area contributed by atoms with Crippen molar-refractivity contribution in [1.29, 1.82) is 0 Å². The fourth-order valence-corrected chi connectivity index (χ4v) is 5.28. The van der Waals surface area contributed by atoms with Crippen LogP contribution in [-0.2, 0) is 14.3 Å². The quantitative estimate of drug-likeness (QED) is 0.558.